The molecule has 0 fully saturated rings. The van der Waals surface area contributed by atoms with Gasteiger partial charge in [0.2, 0.25) is 0 Å². The lowest BCUT2D eigenvalue weighted by atomic mass is 10.1. The van der Waals surface area contributed by atoms with Crippen molar-refractivity contribution in [2.24, 2.45) is 5.16 Å². The predicted molar refractivity (Wildman–Crippen MR) is 74.2 cm³/mol. The standard InChI is InChI=1S/C15H11ClF2NO/c16-14-7-3-11(4-8-14)9-19-20-10-12-1-5-13(6-2-12)15(17)18/h1-8,15H,10H2. The third-order valence-electron chi connectivity index (χ3n) is 2.55. The van der Waals surface area contributed by atoms with E-state index in [2.05, 4.69) is 11.4 Å². The van der Waals surface area contributed by atoms with Crippen LogP contribution in [0.25, 0.3) is 0 Å². The van der Waals surface area contributed by atoms with E-state index in [4.69, 9.17) is 16.4 Å². The Bertz CT molecular complexity index is 567. The number of benzene rings is 2. The van der Waals surface area contributed by atoms with E-state index in [0.29, 0.717) is 5.02 Å². The normalized spacial score (nSPS) is 11.2. The molecule has 0 amide bonds. The van der Waals surface area contributed by atoms with Crippen molar-refractivity contribution in [3.8, 4) is 0 Å². The molecule has 0 aliphatic heterocycles. The largest absolute Gasteiger partial charge is 0.390 e. The molecule has 0 aromatic heterocycles. The van der Waals surface area contributed by atoms with Gasteiger partial charge in [0.25, 0.3) is 6.43 Å². The third-order valence-corrected chi connectivity index (χ3v) is 2.80. The van der Waals surface area contributed by atoms with E-state index in [0.717, 1.165) is 11.1 Å². The first-order valence-corrected chi connectivity index (χ1v) is 6.23. The van der Waals surface area contributed by atoms with Crippen LogP contribution in [0.3, 0.4) is 0 Å². The fraction of sp³-hybridized carbons (Fsp3) is 0.133. The van der Waals surface area contributed by atoms with E-state index in [1.54, 1.807) is 36.4 Å². The molecule has 2 aromatic carbocycles. The Morgan fingerprint density at radius 3 is 2.30 bits per heavy atom. The minimum Gasteiger partial charge on any atom is -0.390 e. The van der Waals surface area contributed by atoms with Crippen molar-refractivity contribution in [2.75, 3.05) is 0 Å². The van der Waals surface area contributed by atoms with Crippen molar-refractivity contribution in [1.82, 2.24) is 0 Å². The summed E-state index contributed by atoms with van der Waals surface area (Å²) in [5, 5.41) is 4.32. The van der Waals surface area contributed by atoms with E-state index in [1.807, 2.05) is 0 Å². The number of nitrogens with zero attached hydrogens (tertiary/aromatic N) is 1. The smallest absolute Gasteiger partial charge is 0.263 e. The molecule has 2 nitrogen and oxygen atoms in total. The van der Waals surface area contributed by atoms with Crippen LogP contribution in [0, 0.1) is 0 Å². The summed E-state index contributed by atoms with van der Waals surface area (Å²) in [5.41, 5.74) is 1.49. The lowest BCUT2D eigenvalue weighted by molar-refractivity contribution is 0.131. The summed E-state index contributed by atoms with van der Waals surface area (Å²) in [6, 6.07) is 12.9. The first-order chi connectivity index (χ1) is 9.65. The topological polar surface area (TPSA) is 21.6 Å². The first kappa shape index (κ1) is 14.5. The highest BCUT2D eigenvalue weighted by atomic mass is 35.5. The van der Waals surface area contributed by atoms with Crippen molar-refractivity contribution in [3.63, 3.8) is 0 Å². The third kappa shape index (κ3) is 4.31. The number of hydrogen-bond acceptors (Lipinski definition) is 2. The summed E-state index contributed by atoms with van der Waals surface area (Å²) in [6.45, 7) is 0.199. The maximum absolute atomic E-state index is 12.4. The Hall–Kier alpha value is -1.94. The molecule has 0 N–H and O–H groups in total. The average molecular weight is 295 g/mol. The van der Waals surface area contributed by atoms with Crippen LogP contribution in [0.2, 0.25) is 5.02 Å². The highest BCUT2D eigenvalue weighted by Gasteiger charge is 2.05. The second-order valence-corrected chi connectivity index (χ2v) is 4.46. The van der Waals surface area contributed by atoms with E-state index in [9.17, 15) is 8.78 Å². The second kappa shape index (κ2) is 7.01. The molecule has 0 aliphatic rings. The van der Waals surface area contributed by atoms with Crippen LogP contribution < -0.4 is 0 Å². The zero-order valence-corrected chi connectivity index (χ0v) is 11.1. The summed E-state index contributed by atoms with van der Waals surface area (Å²) < 4.78 is 24.7. The summed E-state index contributed by atoms with van der Waals surface area (Å²) in [4.78, 5) is 5.05. The minimum absolute atomic E-state index is 0.00928. The Kier molecular flexibility index (Phi) is 5.07. The van der Waals surface area contributed by atoms with Crippen LogP contribution in [-0.4, -0.2) is 6.21 Å². The van der Waals surface area contributed by atoms with Gasteiger partial charge in [0, 0.05) is 16.1 Å². The Labute approximate surface area is 120 Å². The van der Waals surface area contributed by atoms with Gasteiger partial charge in [-0.2, -0.15) is 0 Å². The number of halogens is 3. The molecule has 0 atom stereocenters. The quantitative estimate of drug-likeness (QED) is 0.578. The second-order valence-electron chi connectivity index (χ2n) is 4.03. The molecule has 0 spiro atoms. The average Bonchev–Trinajstić information content (AvgIpc) is 2.46. The van der Waals surface area contributed by atoms with E-state index in [-0.39, 0.29) is 12.2 Å². The van der Waals surface area contributed by atoms with Gasteiger partial charge in [0.15, 0.2) is 0 Å². The summed E-state index contributed by atoms with van der Waals surface area (Å²) in [6.07, 6.45) is 0.239. The van der Waals surface area contributed by atoms with Gasteiger partial charge in [-0.25, -0.2) is 8.78 Å². The van der Waals surface area contributed by atoms with Crippen LogP contribution in [0.15, 0.2) is 53.7 Å². The lowest BCUT2D eigenvalue weighted by Crippen LogP contribution is -1.90. The molecule has 0 bridgehead atoms. The van der Waals surface area contributed by atoms with Gasteiger partial charge >= 0.3 is 0 Å². The highest BCUT2D eigenvalue weighted by molar-refractivity contribution is 6.30. The highest BCUT2D eigenvalue weighted by Crippen LogP contribution is 2.18. The lowest BCUT2D eigenvalue weighted by Gasteiger charge is -2.02. The Morgan fingerprint density at radius 1 is 1.05 bits per heavy atom. The van der Waals surface area contributed by atoms with Gasteiger partial charge < -0.3 is 4.84 Å². The minimum atomic E-state index is -2.46. The molecule has 2 aromatic rings. The summed E-state index contributed by atoms with van der Waals surface area (Å²) >= 11 is 5.74. The molecule has 0 heterocycles. The van der Waals surface area contributed by atoms with E-state index < -0.39 is 6.43 Å². The monoisotopic (exact) mass is 294 g/mol. The Morgan fingerprint density at radius 2 is 1.70 bits per heavy atom. The fourth-order valence-electron chi connectivity index (χ4n) is 1.48. The van der Waals surface area contributed by atoms with Gasteiger partial charge in [-0.3, -0.25) is 0 Å². The number of rotatable bonds is 5. The fourth-order valence-corrected chi connectivity index (χ4v) is 1.60. The van der Waals surface area contributed by atoms with Crippen LogP contribution >= 0.6 is 11.6 Å². The van der Waals surface area contributed by atoms with Gasteiger partial charge in [0.05, 0.1) is 0 Å². The molecule has 0 saturated heterocycles. The molecule has 1 radical (unpaired) electrons. The van der Waals surface area contributed by atoms with Crippen LogP contribution in [-0.2, 0) is 11.4 Å². The molecule has 2 rings (SSSR count). The van der Waals surface area contributed by atoms with Crippen molar-refractivity contribution in [1.29, 1.82) is 0 Å². The number of alkyl halides is 2. The van der Waals surface area contributed by atoms with Crippen molar-refractivity contribution >= 4 is 17.8 Å². The zero-order chi connectivity index (χ0) is 14.4. The van der Waals surface area contributed by atoms with E-state index >= 15 is 0 Å². The molecular weight excluding hydrogens is 284 g/mol. The molecule has 103 valence electrons. The van der Waals surface area contributed by atoms with Crippen LogP contribution in [0.1, 0.15) is 23.1 Å². The molecule has 0 unspecified atom stereocenters. The first-order valence-electron chi connectivity index (χ1n) is 5.86. The molecule has 0 saturated carbocycles. The predicted octanol–water partition coefficient (Wildman–Crippen LogP) is 4.71. The van der Waals surface area contributed by atoms with Crippen molar-refractivity contribution < 1.29 is 13.6 Å². The summed E-state index contributed by atoms with van der Waals surface area (Å²) in [5.74, 6) is 0. The van der Waals surface area contributed by atoms with Crippen LogP contribution in [0.4, 0.5) is 8.78 Å². The van der Waals surface area contributed by atoms with Gasteiger partial charge in [0.1, 0.15) is 12.8 Å². The molecule has 0 aliphatic carbocycles. The summed E-state index contributed by atoms with van der Waals surface area (Å²) in [7, 11) is 0. The van der Waals surface area contributed by atoms with E-state index in [1.165, 1.54) is 12.1 Å². The molecule has 20 heavy (non-hydrogen) atoms. The van der Waals surface area contributed by atoms with Gasteiger partial charge in [-0.15, -0.1) is 0 Å². The maximum Gasteiger partial charge on any atom is 0.263 e. The SMILES string of the molecule is FC(F)c1ccc(CO/N=[C]\c2ccc(Cl)cc2)cc1. The van der Waals surface area contributed by atoms with Gasteiger partial charge in [-0.05, 0) is 17.7 Å². The molecule has 5 heteroatoms. The van der Waals surface area contributed by atoms with Gasteiger partial charge in [-0.1, -0.05) is 53.2 Å². The Balaban J connectivity index is 1.84. The zero-order valence-electron chi connectivity index (χ0n) is 10.4. The molecular formula is C15H11ClF2NO. The van der Waals surface area contributed by atoms with Crippen LogP contribution in [0.5, 0.6) is 0 Å². The number of hydrogen-bond donors (Lipinski definition) is 0. The van der Waals surface area contributed by atoms with Crippen molar-refractivity contribution in [3.05, 3.63) is 70.2 Å². The maximum atomic E-state index is 12.4. The van der Waals surface area contributed by atoms with Crippen molar-refractivity contribution in [2.45, 2.75) is 13.0 Å².